The molecule has 0 saturated carbocycles. The van der Waals surface area contributed by atoms with E-state index in [1.54, 1.807) is 28.4 Å². The molecule has 0 bridgehead atoms. The molecule has 4 aromatic heterocycles. The number of nitrogens with one attached hydrogen (secondary N) is 1. The fourth-order valence-corrected chi connectivity index (χ4v) is 4.00. The molecule has 0 saturated heterocycles. The number of aromatic nitrogens is 5. The Kier molecular flexibility index (Phi) is 4.82. The highest BCUT2D eigenvalue weighted by Gasteiger charge is 2.19. The molecule has 0 aliphatic rings. The van der Waals surface area contributed by atoms with Crippen LogP contribution in [0.4, 0.5) is 11.8 Å². The molecule has 5 rings (SSSR count). The molecular weight excluding hydrogens is 394 g/mol. The molecule has 0 aliphatic carbocycles. The molecule has 7 nitrogen and oxygen atoms in total. The minimum absolute atomic E-state index is 0.520. The first-order valence-corrected chi connectivity index (χ1v) is 10.4. The highest BCUT2D eigenvalue weighted by atomic mass is 32.1. The molecule has 148 valence electrons. The van der Waals surface area contributed by atoms with Gasteiger partial charge in [0.15, 0.2) is 5.65 Å². The third kappa shape index (κ3) is 3.60. The van der Waals surface area contributed by atoms with Gasteiger partial charge in [-0.15, -0.1) is 16.4 Å². The van der Waals surface area contributed by atoms with Crippen molar-refractivity contribution in [2.75, 3.05) is 11.1 Å². The van der Waals surface area contributed by atoms with Gasteiger partial charge >= 0.3 is 0 Å². The standard InChI is InChI=1S/C22H19N7S/c23-20-18-19(17-7-4-12-30-17)26-22(25-13-15-8-10-24-11-9-15)27-21(18)28-29(20)14-16-5-2-1-3-6-16/h1-12H,13-14,23H2,(H,25,27,28). The van der Waals surface area contributed by atoms with Gasteiger partial charge in [-0.3, -0.25) is 4.98 Å². The Balaban J connectivity index is 1.56. The maximum atomic E-state index is 6.51. The van der Waals surface area contributed by atoms with Crippen LogP contribution in [0.3, 0.4) is 0 Å². The zero-order valence-corrected chi connectivity index (χ0v) is 16.9. The van der Waals surface area contributed by atoms with Gasteiger partial charge in [0.1, 0.15) is 5.82 Å². The molecule has 0 amide bonds. The van der Waals surface area contributed by atoms with Gasteiger partial charge in [0.2, 0.25) is 5.95 Å². The van der Waals surface area contributed by atoms with Crippen molar-refractivity contribution in [3.05, 3.63) is 83.5 Å². The number of thiophene rings is 1. The molecule has 0 atom stereocenters. The number of nitrogen functional groups attached to an aromatic ring is 1. The normalized spacial score (nSPS) is 11.1. The van der Waals surface area contributed by atoms with Crippen molar-refractivity contribution >= 4 is 34.1 Å². The Hall–Kier alpha value is -3.78. The number of rotatable bonds is 6. The molecule has 0 aliphatic heterocycles. The van der Waals surface area contributed by atoms with Crippen LogP contribution in [0.5, 0.6) is 0 Å². The third-order valence-corrected chi connectivity index (χ3v) is 5.65. The van der Waals surface area contributed by atoms with Crippen molar-refractivity contribution in [2.24, 2.45) is 0 Å². The van der Waals surface area contributed by atoms with Gasteiger partial charge in [0.25, 0.3) is 0 Å². The number of benzene rings is 1. The minimum Gasteiger partial charge on any atom is -0.383 e. The molecule has 8 heteroatoms. The lowest BCUT2D eigenvalue weighted by molar-refractivity contribution is 0.703. The van der Waals surface area contributed by atoms with Crippen LogP contribution in [0.25, 0.3) is 21.6 Å². The molecule has 3 N–H and O–H groups in total. The van der Waals surface area contributed by atoms with Gasteiger partial charge in [-0.2, -0.15) is 4.98 Å². The Morgan fingerprint density at radius 2 is 1.77 bits per heavy atom. The predicted molar refractivity (Wildman–Crippen MR) is 120 cm³/mol. The third-order valence-electron chi connectivity index (χ3n) is 4.77. The summed E-state index contributed by atoms with van der Waals surface area (Å²) in [5.74, 6) is 1.09. The highest BCUT2D eigenvalue weighted by Crippen LogP contribution is 2.34. The Bertz CT molecular complexity index is 1270. The summed E-state index contributed by atoms with van der Waals surface area (Å²) in [6.07, 6.45) is 3.54. The summed E-state index contributed by atoms with van der Waals surface area (Å²) in [7, 11) is 0. The molecule has 30 heavy (non-hydrogen) atoms. The van der Waals surface area contributed by atoms with Crippen LogP contribution in [0.15, 0.2) is 72.4 Å². The Morgan fingerprint density at radius 3 is 2.53 bits per heavy atom. The molecule has 0 spiro atoms. The quantitative estimate of drug-likeness (QED) is 0.433. The van der Waals surface area contributed by atoms with Gasteiger partial charge in [-0.1, -0.05) is 36.4 Å². The van der Waals surface area contributed by atoms with E-state index in [0.717, 1.165) is 27.1 Å². The van der Waals surface area contributed by atoms with Crippen LogP contribution in [0.1, 0.15) is 11.1 Å². The maximum absolute atomic E-state index is 6.51. The minimum atomic E-state index is 0.520. The number of nitrogens with zero attached hydrogens (tertiary/aromatic N) is 5. The molecule has 1 aromatic carbocycles. The van der Waals surface area contributed by atoms with Crippen LogP contribution in [-0.4, -0.2) is 24.7 Å². The number of hydrogen-bond donors (Lipinski definition) is 2. The largest absolute Gasteiger partial charge is 0.383 e. The van der Waals surface area contributed by atoms with E-state index in [1.807, 2.05) is 47.8 Å². The lowest BCUT2D eigenvalue weighted by atomic mass is 10.2. The molecule has 0 unspecified atom stereocenters. The SMILES string of the molecule is Nc1c2c(-c3cccs3)nc(NCc3ccncc3)nc2nn1Cc1ccccc1. The van der Waals surface area contributed by atoms with Crippen molar-refractivity contribution in [1.82, 2.24) is 24.7 Å². The van der Waals surface area contributed by atoms with Gasteiger partial charge in [-0.25, -0.2) is 9.67 Å². The summed E-state index contributed by atoms with van der Waals surface area (Å²) < 4.78 is 1.79. The molecule has 5 aromatic rings. The van der Waals surface area contributed by atoms with E-state index in [9.17, 15) is 0 Å². The molecular formula is C22H19N7S. The van der Waals surface area contributed by atoms with Crippen molar-refractivity contribution in [2.45, 2.75) is 13.1 Å². The summed E-state index contributed by atoms with van der Waals surface area (Å²) in [6.45, 7) is 1.17. The zero-order valence-electron chi connectivity index (χ0n) is 16.1. The summed E-state index contributed by atoms with van der Waals surface area (Å²) >= 11 is 1.62. The van der Waals surface area contributed by atoms with Crippen LogP contribution < -0.4 is 11.1 Å². The summed E-state index contributed by atoms with van der Waals surface area (Å²) in [4.78, 5) is 14.5. The smallest absolute Gasteiger partial charge is 0.225 e. The van der Waals surface area contributed by atoms with E-state index in [0.29, 0.717) is 30.5 Å². The monoisotopic (exact) mass is 413 g/mol. The van der Waals surface area contributed by atoms with Crippen LogP contribution in [0.2, 0.25) is 0 Å². The van der Waals surface area contributed by atoms with Crippen LogP contribution >= 0.6 is 11.3 Å². The number of hydrogen-bond acceptors (Lipinski definition) is 7. The van der Waals surface area contributed by atoms with Crippen LogP contribution in [0, 0.1) is 0 Å². The lowest BCUT2D eigenvalue weighted by Crippen LogP contribution is -2.05. The highest BCUT2D eigenvalue weighted by molar-refractivity contribution is 7.13. The fraction of sp³-hybridized carbons (Fsp3) is 0.0909. The van der Waals surface area contributed by atoms with E-state index >= 15 is 0 Å². The number of pyridine rings is 1. The number of anilines is 2. The second kappa shape index (κ2) is 7.92. The topological polar surface area (TPSA) is 94.5 Å². The second-order valence-electron chi connectivity index (χ2n) is 6.81. The maximum Gasteiger partial charge on any atom is 0.225 e. The average Bonchev–Trinajstić information content (AvgIpc) is 3.42. The van der Waals surface area contributed by atoms with E-state index in [4.69, 9.17) is 10.7 Å². The van der Waals surface area contributed by atoms with Crippen molar-refractivity contribution < 1.29 is 0 Å². The zero-order chi connectivity index (χ0) is 20.3. The molecule has 0 fully saturated rings. The lowest BCUT2D eigenvalue weighted by Gasteiger charge is -2.07. The van der Waals surface area contributed by atoms with Crippen LogP contribution in [-0.2, 0) is 13.1 Å². The van der Waals surface area contributed by atoms with Crippen molar-refractivity contribution in [3.8, 4) is 10.6 Å². The van der Waals surface area contributed by atoms with Gasteiger partial charge in [0, 0.05) is 18.9 Å². The van der Waals surface area contributed by atoms with Crippen molar-refractivity contribution in [3.63, 3.8) is 0 Å². The number of fused-ring (bicyclic) bond motifs is 1. The fourth-order valence-electron chi connectivity index (χ4n) is 3.28. The van der Waals surface area contributed by atoms with E-state index < -0.39 is 0 Å². The first-order valence-electron chi connectivity index (χ1n) is 9.52. The first kappa shape index (κ1) is 18.3. The molecule has 0 radical (unpaired) electrons. The van der Waals surface area contributed by atoms with E-state index in [1.165, 1.54) is 0 Å². The Morgan fingerprint density at radius 1 is 0.933 bits per heavy atom. The summed E-state index contributed by atoms with van der Waals surface area (Å²) in [6, 6.07) is 18.1. The summed E-state index contributed by atoms with van der Waals surface area (Å²) in [5.41, 5.74) is 10.1. The van der Waals surface area contributed by atoms with Gasteiger partial charge in [-0.05, 0) is 34.7 Å². The van der Waals surface area contributed by atoms with Gasteiger partial charge < -0.3 is 11.1 Å². The van der Waals surface area contributed by atoms with Crippen molar-refractivity contribution in [1.29, 1.82) is 0 Å². The van der Waals surface area contributed by atoms with E-state index in [-0.39, 0.29) is 0 Å². The number of nitrogens with two attached hydrogens (primary N) is 1. The first-order chi connectivity index (χ1) is 14.8. The van der Waals surface area contributed by atoms with E-state index in [2.05, 4.69) is 32.5 Å². The Labute approximate surface area is 177 Å². The summed E-state index contributed by atoms with van der Waals surface area (Å²) in [5, 5.41) is 10.8. The molecule has 4 heterocycles. The predicted octanol–water partition coefficient (Wildman–Crippen LogP) is 4.19. The van der Waals surface area contributed by atoms with Gasteiger partial charge in [0.05, 0.1) is 22.5 Å². The second-order valence-corrected chi connectivity index (χ2v) is 7.76. The average molecular weight is 414 g/mol.